The van der Waals surface area contributed by atoms with Gasteiger partial charge in [0.1, 0.15) is 0 Å². The van der Waals surface area contributed by atoms with E-state index in [1.807, 2.05) is 14.1 Å². The molecule has 1 amide bonds. The Morgan fingerprint density at radius 2 is 2.27 bits per heavy atom. The minimum atomic E-state index is 0.103. The van der Waals surface area contributed by atoms with Crippen LogP contribution in [0.5, 0.6) is 0 Å². The summed E-state index contributed by atoms with van der Waals surface area (Å²) < 4.78 is 0. The third-order valence-electron chi connectivity index (χ3n) is 2.01. The molecule has 1 heterocycles. The maximum absolute atomic E-state index is 11.3. The lowest BCUT2D eigenvalue weighted by Crippen LogP contribution is -2.35. The lowest BCUT2D eigenvalue weighted by Gasteiger charge is -2.11. The SMILES string of the molecule is CN(C)NC(=O)CCCCc1cccs1. The van der Waals surface area contributed by atoms with Gasteiger partial charge in [-0.25, -0.2) is 5.01 Å². The standard InChI is InChI=1S/C11H18N2OS/c1-13(2)12-11(14)8-4-3-6-10-7-5-9-15-10/h5,7,9H,3-4,6,8H2,1-2H3,(H,12,14). The van der Waals surface area contributed by atoms with Crippen LogP contribution in [0.3, 0.4) is 0 Å². The molecular weight excluding hydrogens is 208 g/mol. The Balaban J connectivity index is 2.04. The number of rotatable bonds is 6. The van der Waals surface area contributed by atoms with Gasteiger partial charge < -0.3 is 0 Å². The van der Waals surface area contributed by atoms with E-state index in [2.05, 4.69) is 22.9 Å². The summed E-state index contributed by atoms with van der Waals surface area (Å²) in [6, 6.07) is 4.21. The topological polar surface area (TPSA) is 32.3 Å². The van der Waals surface area contributed by atoms with Crippen molar-refractivity contribution in [2.45, 2.75) is 25.7 Å². The molecule has 0 aliphatic rings. The molecule has 15 heavy (non-hydrogen) atoms. The summed E-state index contributed by atoms with van der Waals surface area (Å²) >= 11 is 1.78. The lowest BCUT2D eigenvalue weighted by molar-refractivity contribution is -0.124. The van der Waals surface area contributed by atoms with Crippen LogP contribution in [0.4, 0.5) is 0 Å². The van der Waals surface area contributed by atoms with E-state index >= 15 is 0 Å². The molecule has 0 aliphatic carbocycles. The van der Waals surface area contributed by atoms with Crippen LogP contribution in [0, 0.1) is 0 Å². The van der Waals surface area contributed by atoms with Crippen LogP contribution in [-0.2, 0) is 11.2 Å². The Kier molecular flexibility index (Phi) is 5.36. The molecule has 1 aromatic rings. The number of unbranched alkanes of at least 4 members (excludes halogenated alkanes) is 1. The second kappa shape index (κ2) is 6.58. The number of nitrogens with one attached hydrogen (secondary N) is 1. The first kappa shape index (κ1) is 12.2. The molecule has 0 aliphatic heterocycles. The van der Waals surface area contributed by atoms with Gasteiger partial charge in [-0.3, -0.25) is 10.2 Å². The highest BCUT2D eigenvalue weighted by atomic mass is 32.1. The van der Waals surface area contributed by atoms with Crippen molar-refractivity contribution in [2.24, 2.45) is 0 Å². The van der Waals surface area contributed by atoms with Crippen LogP contribution >= 0.6 is 11.3 Å². The van der Waals surface area contributed by atoms with Gasteiger partial charge in [-0.15, -0.1) is 11.3 Å². The molecule has 1 aromatic heterocycles. The van der Waals surface area contributed by atoms with Gasteiger partial charge in [0, 0.05) is 25.4 Å². The molecule has 0 saturated carbocycles. The normalized spacial score (nSPS) is 10.6. The largest absolute Gasteiger partial charge is 0.289 e. The zero-order valence-corrected chi connectivity index (χ0v) is 10.1. The number of carbonyl (C=O) groups excluding carboxylic acids is 1. The van der Waals surface area contributed by atoms with Crippen molar-refractivity contribution in [3.8, 4) is 0 Å². The highest BCUT2D eigenvalue weighted by Crippen LogP contribution is 2.12. The number of aryl methyl sites for hydroxylation is 1. The van der Waals surface area contributed by atoms with Crippen LogP contribution in [0.25, 0.3) is 0 Å². The number of hydrazine groups is 1. The smallest absolute Gasteiger partial charge is 0.234 e. The first-order chi connectivity index (χ1) is 7.18. The van der Waals surface area contributed by atoms with Gasteiger partial charge in [0.2, 0.25) is 5.91 Å². The Hall–Kier alpha value is -0.870. The fourth-order valence-electron chi connectivity index (χ4n) is 1.34. The van der Waals surface area contributed by atoms with Crippen molar-refractivity contribution >= 4 is 17.2 Å². The van der Waals surface area contributed by atoms with Gasteiger partial charge in [0.15, 0.2) is 0 Å². The Bertz CT molecular complexity index is 283. The molecular formula is C11H18N2OS. The average molecular weight is 226 g/mol. The summed E-state index contributed by atoms with van der Waals surface area (Å²) in [6.07, 6.45) is 3.75. The van der Waals surface area contributed by atoms with Crippen molar-refractivity contribution in [2.75, 3.05) is 14.1 Å². The van der Waals surface area contributed by atoms with E-state index in [-0.39, 0.29) is 5.91 Å². The molecule has 1 rings (SSSR count). The fraction of sp³-hybridized carbons (Fsp3) is 0.545. The Morgan fingerprint density at radius 1 is 1.47 bits per heavy atom. The van der Waals surface area contributed by atoms with Gasteiger partial charge >= 0.3 is 0 Å². The van der Waals surface area contributed by atoms with E-state index in [9.17, 15) is 4.79 Å². The van der Waals surface area contributed by atoms with Crippen LogP contribution in [0.15, 0.2) is 17.5 Å². The second-order valence-electron chi connectivity index (χ2n) is 3.72. The zero-order valence-electron chi connectivity index (χ0n) is 9.32. The third-order valence-corrected chi connectivity index (χ3v) is 2.94. The molecule has 3 nitrogen and oxygen atoms in total. The van der Waals surface area contributed by atoms with E-state index < -0.39 is 0 Å². The van der Waals surface area contributed by atoms with E-state index in [1.165, 1.54) is 4.88 Å². The number of nitrogens with zero attached hydrogens (tertiary/aromatic N) is 1. The number of amides is 1. The monoisotopic (exact) mass is 226 g/mol. The number of hydrogen-bond acceptors (Lipinski definition) is 3. The molecule has 4 heteroatoms. The summed E-state index contributed by atoms with van der Waals surface area (Å²) in [5.41, 5.74) is 2.73. The molecule has 0 aromatic carbocycles. The van der Waals surface area contributed by atoms with Crippen LogP contribution in [-0.4, -0.2) is 25.0 Å². The predicted octanol–water partition coefficient (Wildman–Crippen LogP) is 2.05. The van der Waals surface area contributed by atoms with Gasteiger partial charge in [0.25, 0.3) is 0 Å². The van der Waals surface area contributed by atoms with Crippen LogP contribution < -0.4 is 5.43 Å². The van der Waals surface area contributed by atoms with E-state index in [4.69, 9.17) is 0 Å². The minimum absolute atomic E-state index is 0.103. The maximum atomic E-state index is 11.3. The number of thiophene rings is 1. The second-order valence-corrected chi connectivity index (χ2v) is 4.75. The maximum Gasteiger partial charge on any atom is 0.234 e. The zero-order chi connectivity index (χ0) is 11.1. The summed E-state index contributed by atoms with van der Waals surface area (Å²) in [5, 5.41) is 3.77. The third kappa shape index (κ3) is 5.54. The molecule has 0 spiro atoms. The molecule has 0 bridgehead atoms. The van der Waals surface area contributed by atoms with Gasteiger partial charge in [0.05, 0.1) is 0 Å². The van der Waals surface area contributed by atoms with Crippen molar-refractivity contribution in [1.82, 2.24) is 10.4 Å². The van der Waals surface area contributed by atoms with E-state index in [0.717, 1.165) is 19.3 Å². The molecule has 0 unspecified atom stereocenters. The van der Waals surface area contributed by atoms with E-state index in [1.54, 1.807) is 16.3 Å². The van der Waals surface area contributed by atoms with Crippen molar-refractivity contribution < 1.29 is 4.79 Å². The molecule has 0 atom stereocenters. The Labute approximate surface area is 95.1 Å². The van der Waals surface area contributed by atoms with Gasteiger partial charge in [-0.05, 0) is 30.7 Å². The summed E-state index contributed by atoms with van der Waals surface area (Å²) in [5.74, 6) is 0.103. The fourth-order valence-corrected chi connectivity index (χ4v) is 2.10. The summed E-state index contributed by atoms with van der Waals surface area (Å²) in [6.45, 7) is 0. The molecule has 1 N–H and O–H groups in total. The molecule has 0 radical (unpaired) electrons. The molecule has 0 fully saturated rings. The van der Waals surface area contributed by atoms with Gasteiger partial charge in [-0.2, -0.15) is 0 Å². The highest BCUT2D eigenvalue weighted by molar-refractivity contribution is 7.09. The molecule has 0 saturated heterocycles. The molecule has 84 valence electrons. The van der Waals surface area contributed by atoms with E-state index in [0.29, 0.717) is 6.42 Å². The summed E-state index contributed by atoms with van der Waals surface area (Å²) in [4.78, 5) is 12.7. The van der Waals surface area contributed by atoms with Crippen LogP contribution in [0.2, 0.25) is 0 Å². The first-order valence-electron chi connectivity index (χ1n) is 5.17. The van der Waals surface area contributed by atoms with Crippen LogP contribution in [0.1, 0.15) is 24.1 Å². The van der Waals surface area contributed by atoms with Crippen molar-refractivity contribution in [3.63, 3.8) is 0 Å². The Morgan fingerprint density at radius 3 is 2.87 bits per heavy atom. The lowest BCUT2D eigenvalue weighted by atomic mass is 10.1. The van der Waals surface area contributed by atoms with Crippen molar-refractivity contribution in [1.29, 1.82) is 0 Å². The summed E-state index contributed by atoms with van der Waals surface area (Å²) in [7, 11) is 3.65. The number of carbonyl (C=O) groups is 1. The quantitative estimate of drug-likeness (QED) is 0.595. The highest BCUT2D eigenvalue weighted by Gasteiger charge is 2.01. The number of hydrogen-bond donors (Lipinski definition) is 1. The minimum Gasteiger partial charge on any atom is -0.289 e. The first-order valence-corrected chi connectivity index (χ1v) is 6.05. The van der Waals surface area contributed by atoms with Crippen molar-refractivity contribution in [3.05, 3.63) is 22.4 Å². The average Bonchev–Trinajstić information content (AvgIpc) is 2.63. The predicted molar refractivity (Wildman–Crippen MR) is 63.7 cm³/mol. The van der Waals surface area contributed by atoms with Gasteiger partial charge in [-0.1, -0.05) is 6.07 Å².